The lowest BCUT2D eigenvalue weighted by Gasteiger charge is -2.37. The molecule has 0 aromatic heterocycles. The smallest absolute Gasteiger partial charge is 0.270 e. The predicted molar refractivity (Wildman–Crippen MR) is 254 cm³/mol. The molecule has 0 aliphatic heterocycles. The van der Waals surface area contributed by atoms with Crippen molar-refractivity contribution in [2.45, 2.75) is 0 Å². The van der Waals surface area contributed by atoms with Crippen LogP contribution in [0.5, 0.6) is 0 Å². The van der Waals surface area contributed by atoms with Gasteiger partial charge >= 0.3 is 0 Å². The summed E-state index contributed by atoms with van der Waals surface area (Å²) < 4.78 is 2.05. The highest BCUT2D eigenvalue weighted by molar-refractivity contribution is 6.33. The van der Waals surface area contributed by atoms with Crippen molar-refractivity contribution in [1.82, 2.24) is 0 Å². The number of nitrogens with two attached hydrogens (primary N) is 4. The number of nitrogens with zero attached hydrogens (tertiary/aromatic N) is 8. The van der Waals surface area contributed by atoms with Crippen molar-refractivity contribution in [3.05, 3.63) is 110 Å². The van der Waals surface area contributed by atoms with Gasteiger partial charge in [-0.3, -0.25) is 0 Å². The number of nitrogen functional groups attached to an aromatic ring is 4. The zero-order chi connectivity index (χ0) is 44.0. The number of rotatable bonds is 6. The summed E-state index contributed by atoms with van der Waals surface area (Å²) in [5.41, 5.74) is 39.8. The third kappa shape index (κ3) is 5.61. The van der Waals surface area contributed by atoms with E-state index in [1.165, 1.54) is 0 Å². The molecule has 0 saturated heterocycles. The van der Waals surface area contributed by atoms with Crippen molar-refractivity contribution < 1.29 is 9.68 Å². The Balaban J connectivity index is 1.85. The Bertz CT molecular complexity index is 2780. The highest BCUT2D eigenvalue weighted by Crippen LogP contribution is 2.60. The number of hydrogen-bond donors (Lipinski definition) is 5. The van der Waals surface area contributed by atoms with Crippen LogP contribution in [0.3, 0.4) is 0 Å². The molecule has 0 spiro atoms. The molecule has 2 aliphatic carbocycles. The molecule has 0 heterocycles. The van der Waals surface area contributed by atoms with E-state index in [0.717, 1.165) is 56.0 Å². The number of anilines is 9. The molecule has 0 radical (unpaired) electrons. The Morgan fingerprint density at radius 2 is 0.950 bits per heavy atom. The van der Waals surface area contributed by atoms with Crippen molar-refractivity contribution in [2.75, 3.05) is 132 Å². The number of allylic oxidation sites excluding steroid dienone is 3. The molecular weight excluding hydrogens is 749 g/mol. The standard InChI is InChI=1S/C47H52N12O/c1-53-27(22-48)36-43(41-32-23(49)14-18-28(54(2)3)37(32)45(58(10)11)38-29(55(4)5)19-15-24(50)33(38)41)47(60)44(36)42-34-25(51)16-20-30(56(6)7)39(34)46(59(12)13)40-31(57(8)9)21-17-26(52)35(40)42/h14-21H,49-52H2,2-13H3/p+1. The topological polar surface area (TPSA) is 172 Å². The normalized spacial score (nSPS) is 14.0. The molecule has 0 unspecified atom stereocenters. The van der Waals surface area contributed by atoms with E-state index in [9.17, 15) is 10.4 Å². The van der Waals surface area contributed by atoms with Gasteiger partial charge in [0.1, 0.15) is 19.9 Å². The first-order chi connectivity index (χ1) is 28.3. The summed E-state index contributed by atoms with van der Waals surface area (Å²) in [4.78, 5) is 14.0. The molecule has 0 saturated carbocycles. The van der Waals surface area contributed by atoms with Gasteiger partial charge in [0.15, 0.2) is 0 Å². The maximum absolute atomic E-state index is 13.1. The van der Waals surface area contributed by atoms with Gasteiger partial charge in [0.05, 0.1) is 40.8 Å². The summed E-state index contributed by atoms with van der Waals surface area (Å²) in [6.07, 6.45) is 0. The minimum absolute atomic E-state index is 0.143. The lowest BCUT2D eigenvalue weighted by Crippen LogP contribution is -2.31. The fourth-order valence-corrected chi connectivity index (χ4v) is 9.14. The van der Waals surface area contributed by atoms with Crippen LogP contribution in [-0.2, 0) is 0 Å². The van der Waals surface area contributed by atoms with E-state index >= 15 is 0 Å². The van der Waals surface area contributed by atoms with Crippen LogP contribution in [0.1, 0.15) is 27.8 Å². The minimum Gasteiger partial charge on any atom is -0.507 e. The molecule has 5 aromatic rings. The molecule has 13 heteroatoms. The van der Waals surface area contributed by atoms with Gasteiger partial charge < -0.3 is 52.5 Å². The van der Waals surface area contributed by atoms with Crippen LogP contribution in [0.4, 0.5) is 51.2 Å². The Morgan fingerprint density at radius 3 is 1.30 bits per heavy atom. The van der Waals surface area contributed by atoms with E-state index in [4.69, 9.17) is 29.5 Å². The molecule has 5 aromatic carbocycles. The molecule has 9 N–H and O–H groups in total. The molecule has 13 nitrogen and oxygen atoms in total. The molecule has 0 atom stereocenters. The van der Waals surface area contributed by atoms with Gasteiger partial charge in [-0.15, -0.1) is 0 Å². The van der Waals surface area contributed by atoms with Gasteiger partial charge in [-0.2, -0.15) is 0 Å². The highest BCUT2D eigenvalue weighted by Gasteiger charge is 2.45. The summed E-state index contributed by atoms with van der Waals surface area (Å²) in [6, 6.07) is 17.5. The lowest BCUT2D eigenvalue weighted by atomic mass is 9.68. The van der Waals surface area contributed by atoms with Crippen LogP contribution >= 0.6 is 0 Å². The van der Waals surface area contributed by atoms with Crippen molar-refractivity contribution >= 4 is 89.6 Å². The van der Waals surface area contributed by atoms with Crippen LogP contribution in [0, 0.1) is 17.9 Å². The van der Waals surface area contributed by atoms with E-state index in [0.29, 0.717) is 55.8 Å². The van der Waals surface area contributed by atoms with Gasteiger partial charge in [0.2, 0.25) is 5.71 Å². The number of aliphatic hydroxyl groups excluding tert-OH is 1. The Morgan fingerprint density at radius 1 is 0.550 bits per heavy atom. The number of fused-ring (bicyclic) bond motifs is 4. The second kappa shape index (κ2) is 14.4. The molecule has 0 bridgehead atoms. The van der Waals surface area contributed by atoms with E-state index in [1.54, 1.807) is 0 Å². The molecule has 60 heavy (non-hydrogen) atoms. The van der Waals surface area contributed by atoms with Gasteiger partial charge in [0.25, 0.3) is 5.70 Å². The van der Waals surface area contributed by atoms with Gasteiger partial charge in [-0.25, -0.2) is 14.7 Å². The minimum atomic E-state index is -0.219. The van der Waals surface area contributed by atoms with E-state index < -0.39 is 0 Å². The van der Waals surface area contributed by atoms with Crippen LogP contribution in [0.25, 0.3) is 37.5 Å². The SMILES string of the molecule is [C-]#[N+]C(C#N)=C1C(=C2c3c(N)ccc(N(C)C)c3C(=[N+](C)C)c3c(N(C)C)ccc(N)c32)C(O)=C1c1c2c(N)ccc(N(C)C)c2c(N(C)C)c2c(N(C)C)ccc(N)c12. The highest BCUT2D eigenvalue weighted by atomic mass is 16.3. The summed E-state index contributed by atoms with van der Waals surface area (Å²) >= 11 is 0. The fraction of sp³-hybridized carbons (Fsp3) is 0.255. The summed E-state index contributed by atoms with van der Waals surface area (Å²) in [7, 11) is 23.7. The second-order valence-electron chi connectivity index (χ2n) is 16.6. The molecular formula is C47H53N12O+. The molecule has 0 fully saturated rings. The Hall–Kier alpha value is -7.51. The Labute approximate surface area is 352 Å². The first kappa shape index (κ1) is 40.7. The molecule has 306 valence electrons. The maximum atomic E-state index is 13.1. The summed E-state index contributed by atoms with van der Waals surface area (Å²) in [6.45, 7) is 8.45. The zero-order valence-electron chi connectivity index (χ0n) is 36.5. The van der Waals surface area contributed by atoms with Crippen LogP contribution in [0.2, 0.25) is 0 Å². The third-order valence-electron chi connectivity index (χ3n) is 11.6. The first-order valence-corrected chi connectivity index (χ1v) is 19.4. The van der Waals surface area contributed by atoms with Crippen molar-refractivity contribution in [1.29, 1.82) is 5.26 Å². The van der Waals surface area contributed by atoms with Gasteiger partial charge in [-0.1, -0.05) is 0 Å². The number of benzene rings is 5. The summed E-state index contributed by atoms with van der Waals surface area (Å²) in [5.74, 6) is -0.143. The quantitative estimate of drug-likeness (QED) is 0.0407. The van der Waals surface area contributed by atoms with Crippen molar-refractivity contribution in [3.8, 4) is 6.07 Å². The number of nitriles is 1. The summed E-state index contributed by atoms with van der Waals surface area (Å²) in [5, 5.41) is 26.9. The largest absolute Gasteiger partial charge is 0.507 e. The van der Waals surface area contributed by atoms with Crippen LogP contribution in [-0.4, -0.2) is 100.0 Å². The molecule has 2 aliphatic rings. The van der Waals surface area contributed by atoms with Gasteiger partial charge in [-0.05, 0) is 48.5 Å². The molecule has 0 amide bonds. The molecule has 7 rings (SSSR count). The van der Waals surface area contributed by atoms with E-state index in [-0.39, 0.29) is 28.2 Å². The first-order valence-electron chi connectivity index (χ1n) is 19.4. The average molecular weight is 802 g/mol. The predicted octanol–water partition coefficient (Wildman–Crippen LogP) is 6.56. The monoisotopic (exact) mass is 801 g/mol. The third-order valence-corrected chi connectivity index (χ3v) is 11.6. The fourth-order valence-electron chi connectivity index (χ4n) is 9.14. The van der Waals surface area contributed by atoms with E-state index in [2.05, 4.69) is 20.4 Å². The van der Waals surface area contributed by atoms with E-state index in [1.807, 2.05) is 153 Å². The average Bonchev–Trinajstić information content (AvgIpc) is 3.17. The lowest BCUT2D eigenvalue weighted by molar-refractivity contribution is -0.463. The number of hydrogen-bond acceptors (Lipinski definition) is 11. The van der Waals surface area contributed by atoms with Crippen molar-refractivity contribution in [2.24, 2.45) is 0 Å². The maximum Gasteiger partial charge on any atom is 0.270 e. The Kier molecular flexibility index (Phi) is 9.76. The van der Waals surface area contributed by atoms with Crippen molar-refractivity contribution in [3.63, 3.8) is 0 Å². The second-order valence-corrected chi connectivity index (χ2v) is 16.6. The van der Waals surface area contributed by atoms with Gasteiger partial charge in [0, 0.05) is 165 Å². The van der Waals surface area contributed by atoms with Crippen LogP contribution < -0.4 is 47.4 Å². The number of aliphatic hydroxyl groups is 1. The van der Waals surface area contributed by atoms with Crippen LogP contribution in [0.15, 0.2) is 71.1 Å². The zero-order valence-corrected chi connectivity index (χ0v) is 36.5.